The summed E-state index contributed by atoms with van der Waals surface area (Å²) in [6.07, 6.45) is 5.37. The third kappa shape index (κ3) is 7.17. The van der Waals surface area contributed by atoms with Crippen LogP contribution in [0.4, 0.5) is 33.1 Å². The van der Waals surface area contributed by atoms with Crippen LogP contribution in [0, 0.1) is 5.82 Å². The Balaban J connectivity index is 1.07. The number of methoxy groups -OCH3 is 1. The molecule has 5 heterocycles. The van der Waals surface area contributed by atoms with Gasteiger partial charge in [-0.2, -0.15) is 0 Å². The first-order valence-electron chi connectivity index (χ1n) is 16.8. The molecule has 4 fully saturated rings. The van der Waals surface area contributed by atoms with Gasteiger partial charge in [-0.15, -0.1) is 0 Å². The summed E-state index contributed by atoms with van der Waals surface area (Å²) in [5.74, 6) is 0.760. The monoisotopic (exact) mass is 692 g/mol. The van der Waals surface area contributed by atoms with Crippen molar-refractivity contribution in [1.29, 1.82) is 0 Å². The van der Waals surface area contributed by atoms with Gasteiger partial charge in [0, 0.05) is 63.9 Å². The van der Waals surface area contributed by atoms with Gasteiger partial charge in [0.15, 0.2) is 5.82 Å². The van der Waals surface area contributed by atoms with E-state index in [0.717, 1.165) is 71.0 Å². The van der Waals surface area contributed by atoms with Crippen LogP contribution < -0.4 is 25.3 Å². The van der Waals surface area contributed by atoms with Crippen LogP contribution in [0.2, 0.25) is 5.02 Å². The number of hydroxylamine groups is 1. The van der Waals surface area contributed by atoms with Gasteiger partial charge in [-0.25, -0.2) is 19.4 Å². The lowest BCUT2D eigenvalue weighted by molar-refractivity contribution is -0.111. The van der Waals surface area contributed by atoms with E-state index in [1.54, 1.807) is 30.4 Å². The lowest BCUT2D eigenvalue weighted by Crippen LogP contribution is -2.59. The van der Waals surface area contributed by atoms with E-state index in [2.05, 4.69) is 41.9 Å². The van der Waals surface area contributed by atoms with E-state index >= 15 is 0 Å². The fraction of sp³-hybridized carbons (Fsp3) is 0.457. The average Bonchev–Trinajstić information content (AvgIpc) is 3.59. The Labute approximate surface area is 290 Å². The number of halogens is 2. The van der Waals surface area contributed by atoms with Crippen LogP contribution in [-0.2, 0) is 14.4 Å². The summed E-state index contributed by atoms with van der Waals surface area (Å²) in [5, 5.41) is 8.04. The van der Waals surface area contributed by atoms with Crippen molar-refractivity contribution < 1.29 is 23.5 Å². The Morgan fingerprint density at radius 1 is 1.02 bits per heavy atom. The second-order valence-corrected chi connectivity index (χ2v) is 13.1. The molecule has 2 N–H and O–H groups in total. The summed E-state index contributed by atoms with van der Waals surface area (Å²) in [7, 11) is 1.62. The molecule has 49 heavy (non-hydrogen) atoms. The minimum atomic E-state index is -0.482. The van der Waals surface area contributed by atoms with E-state index in [1.807, 2.05) is 12.1 Å². The molecule has 1 amide bonds. The molecular weight excluding hydrogens is 651 g/mol. The van der Waals surface area contributed by atoms with Crippen LogP contribution in [0.25, 0.3) is 0 Å². The molecule has 0 saturated carbocycles. The Morgan fingerprint density at radius 2 is 1.78 bits per heavy atom. The zero-order valence-corrected chi connectivity index (χ0v) is 28.4. The molecule has 3 aromatic rings. The number of piperidine rings is 1. The number of nitrogens with one attached hydrogen (secondary N) is 2. The zero-order valence-electron chi connectivity index (χ0n) is 27.6. The first-order chi connectivity index (χ1) is 23.9. The smallest absolute Gasteiger partial charge is 0.247 e. The number of hydrogen-bond donors (Lipinski definition) is 2. The maximum absolute atomic E-state index is 14.3. The highest BCUT2D eigenvalue weighted by atomic mass is 35.5. The number of amides is 1. The van der Waals surface area contributed by atoms with Crippen molar-refractivity contribution in [3.63, 3.8) is 0 Å². The molecular formula is C35H42ClFN8O4. The Hall–Kier alpha value is -4.01. The van der Waals surface area contributed by atoms with Gasteiger partial charge in [0.1, 0.15) is 23.7 Å². The van der Waals surface area contributed by atoms with E-state index in [4.69, 9.17) is 25.9 Å². The van der Waals surface area contributed by atoms with Crippen molar-refractivity contribution in [3.05, 3.63) is 71.8 Å². The molecule has 0 aliphatic carbocycles. The topological polar surface area (TPSA) is 108 Å². The van der Waals surface area contributed by atoms with Gasteiger partial charge in [-0.1, -0.05) is 30.3 Å². The number of aromatic nitrogens is 2. The van der Waals surface area contributed by atoms with Crippen LogP contribution in [0.3, 0.4) is 0 Å². The third-order valence-electron chi connectivity index (χ3n) is 9.95. The molecule has 0 radical (unpaired) electrons. The zero-order chi connectivity index (χ0) is 33.9. The second kappa shape index (κ2) is 14.9. The lowest BCUT2D eigenvalue weighted by atomic mass is 10.0. The van der Waals surface area contributed by atoms with Crippen LogP contribution in [0.15, 0.2) is 55.4 Å². The SMILES string of the molecule is C=CC(=O)Nc1cc(Nc2cc(N3OCC[C@@H]3c3cccc(F)c3Cl)ncn2)c(OC)cc1N1CCC(N2CCN(C3COC3)CC2)CC1. The number of benzene rings is 2. The summed E-state index contributed by atoms with van der Waals surface area (Å²) < 4.78 is 25.5. The molecule has 14 heteroatoms. The summed E-state index contributed by atoms with van der Waals surface area (Å²) >= 11 is 6.33. The van der Waals surface area contributed by atoms with E-state index in [1.165, 1.54) is 18.5 Å². The summed E-state index contributed by atoms with van der Waals surface area (Å²) in [6, 6.07) is 11.1. The molecule has 7 rings (SSSR count). The van der Waals surface area contributed by atoms with Crippen LogP contribution in [-0.4, -0.2) is 104 Å². The largest absolute Gasteiger partial charge is 0.494 e. The predicted molar refractivity (Wildman–Crippen MR) is 187 cm³/mol. The maximum atomic E-state index is 14.3. The molecule has 12 nitrogen and oxygen atoms in total. The van der Waals surface area contributed by atoms with Gasteiger partial charge in [0.05, 0.1) is 61.1 Å². The van der Waals surface area contributed by atoms with Crippen LogP contribution in [0.5, 0.6) is 5.75 Å². The van der Waals surface area contributed by atoms with Gasteiger partial charge in [0.2, 0.25) is 5.91 Å². The summed E-state index contributed by atoms with van der Waals surface area (Å²) in [5.41, 5.74) is 2.75. The quantitative estimate of drug-likeness (QED) is 0.280. The average molecular weight is 693 g/mol. The van der Waals surface area contributed by atoms with E-state index < -0.39 is 5.82 Å². The minimum absolute atomic E-state index is 0.0662. The second-order valence-electron chi connectivity index (χ2n) is 12.7. The minimum Gasteiger partial charge on any atom is -0.494 e. The van der Waals surface area contributed by atoms with Gasteiger partial charge >= 0.3 is 0 Å². The normalized spacial score (nSPS) is 21.0. The molecule has 0 spiro atoms. The Kier molecular flexibility index (Phi) is 10.1. The maximum Gasteiger partial charge on any atom is 0.247 e. The number of nitrogens with zero attached hydrogens (tertiary/aromatic N) is 6. The van der Waals surface area contributed by atoms with Crippen molar-refractivity contribution >= 4 is 46.2 Å². The standard InChI is InChI=1S/C35H42ClFN8O4/c1-3-34(46)41-27-17-28(40-32-19-33(39-22-38-32)45-29(9-16-49-45)25-5-4-6-26(37)35(25)36)31(47-2)18-30(27)44-10-7-23(8-11-44)42-12-14-43(15-13-42)24-20-48-21-24/h3-6,17-19,22-24,29H,1,7-16,20-21H2,2H3,(H,41,46)(H,38,39,40)/t29-/m1/s1. The first kappa shape index (κ1) is 33.5. The summed E-state index contributed by atoms with van der Waals surface area (Å²) in [4.78, 5) is 34.9. The number of carbonyl (C=O) groups excluding carboxylic acids is 1. The number of hydrogen-bond acceptors (Lipinski definition) is 11. The number of rotatable bonds is 10. The molecule has 4 aliphatic rings. The van der Waals surface area contributed by atoms with Crippen molar-refractivity contribution in [1.82, 2.24) is 19.8 Å². The molecule has 1 atom stereocenters. The highest BCUT2D eigenvalue weighted by Gasteiger charge is 2.34. The molecule has 0 bridgehead atoms. The molecule has 1 aromatic heterocycles. The van der Waals surface area contributed by atoms with Gasteiger partial charge in [0.25, 0.3) is 0 Å². The van der Waals surface area contributed by atoms with Gasteiger partial charge < -0.3 is 25.0 Å². The lowest BCUT2D eigenvalue weighted by Gasteiger charge is -2.46. The molecule has 4 saturated heterocycles. The highest BCUT2D eigenvalue weighted by Crippen LogP contribution is 2.41. The molecule has 4 aliphatic heterocycles. The number of anilines is 5. The third-order valence-corrected chi connectivity index (χ3v) is 10.4. The molecule has 260 valence electrons. The van der Waals surface area contributed by atoms with Crippen molar-refractivity contribution in [3.8, 4) is 5.75 Å². The van der Waals surface area contributed by atoms with E-state index in [0.29, 0.717) is 59.4 Å². The van der Waals surface area contributed by atoms with Crippen molar-refractivity contribution in [2.75, 3.05) is 86.8 Å². The fourth-order valence-electron chi connectivity index (χ4n) is 7.18. The van der Waals surface area contributed by atoms with Gasteiger partial charge in [-0.05, 0) is 36.6 Å². The van der Waals surface area contributed by atoms with E-state index in [9.17, 15) is 9.18 Å². The molecule has 2 aromatic carbocycles. The molecule has 0 unspecified atom stereocenters. The fourth-order valence-corrected chi connectivity index (χ4v) is 7.44. The van der Waals surface area contributed by atoms with Crippen LogP contribution >= 0.6 is 11.6 Å². The van der Waals surface area contributed by atoms with E-state index in [-0.39, 0.29) is 17.0 Å². The Morgan fingerprint density at radius 3 is 2.47 bits per heavy atom. The number of ether oxygens (including phenoxy) is 2. The highest BCUT2D eigenvalue weighted by molar-refractivity contribution is 6.31. The number of carbonyl (C=O) groups is 1. The Bertz CT molecular complexity index is 1660. The van der Waals surface area contributed by atoms with Crippen molar-refractivity contribution in [2.24, 2.45) is 0 Å². The number of piperazine rings is 1. The summed E-state index contributed by atoms with van der Waals surface area (Å²) in [6.45, 7) is 11.9. The van der Waals surface area contributed by atoms with Crippen molar-refractivity contribution in [2.45, 2.75) is 37.4 Å². The predicted octanol–water partition coefficient (Wildman–Crippen LogP) is 5.01. The first-order valence-corrected chi connectivity index (χ1v) is 17.2. The van der Waals surface area contributed by atoms with Crippen LogP contribution in [0.1, 0.15) is 30.9 Å². The van der Waals surface area contributed by atoms with Gasteiger partial charge in [-0.3, -0.25) is 19.4 Å².